The largest absolute Gasteiger partial charge is 0.545 e. The van der Waals surface area contributed by atoms with Crippen LogP contribution in [0.4, 0.5) is 4.39 Å². The molecule has 2 aromatic heterocycles. The van der Waals surface area contributed by atoms with Crippen molar-refractivity contribution in [2.75, 3.05) is 0 Å². The molecule has 3 aromatic carbocycles. The van der Waals surface area contributed by atoms with Crippen LogP contribution in [0.5, 0.6) is 0 Å². The molecule has 1 aliphatic heterocycles. The average molecular weight is 575 g/mol. The number of fused-ring (bicyclic) bond motifs is 3. The van der Waals surface area contributed by atoms with Crippen molar-refractivity contribution < 1.29 is 14.3 Å². The Morgan fingerprint density at radius 3 is 2.50 bits per heavy atom. The van der Waals surface area contributed by atoms with Crippen molar-refractivity contribution in [1.29, 1.82) is 0 Å². The molecule has 0 amide bonds. The van der Waals surface area contributed by atoms with E-state index in [0.29, 0.717) is 9.33 Å². The number of aromatic nitrogens is 2. The number of carbonyl (C=O) groups is 1. The summed E-state index contributed by atoms with van der Waals surface area (Å²) in [5.74, 6) is -1.54. The van der Waals surface area contributed by atoms with Gasteiger partial charge in [0.2, 0.25) is 0 Å². The molecule has 0 radical (unpaired) electrons. The Labute approximate surface area is 244 Å². The Balaban J connectivity index is 1.40. The van der Waals surface area contributed by atoms with Gasteiger partial charge in [-0.2, -0.15) is 0 Å². The van der Waals surface area contributed by atoms with E-state index in [1.165, 1.54) is 41.2 Å². The second kappa shape index (κ2) is 9.92. The zero-order valence-corrected chi connectivity index (χ0v) is 23.7. The maximum absolute atomic E-state index is 14.1. The molecule has 0 N–H and O–H groups in total. The predicted octanol–water partition coefficient (Wildman–Crippen LogP) is 4.23. The van der Waals surface area contributed by atoms with Crippen LogP contribution in [0.15, 0.2) is 94.2 Å². The van der Waals surface area contributed by atoms with Crippen molar-refractivity contribution in [3.8, 4) is 5.69 Å². The van der Waals surface area contributed by atoms with Crippen LogP contribution in [0.1, 0.15) is 56.5 Å². The van der Waals surface area contributed by atoms with Crippen LogP contribution < -0.4 is 20.0 Å². The van der Waals surface area contributed by atoms with E-state index < -0.39 is 5.97 Å². The van der Waals surface area contributed by atoms with Crippen LogP contribution >= 0.6 is 11.3 Å². The highest BCUT2D eigenvalue weighted by Gasteiger charge is 2.32. The lowest BCUT2D eigenvalue weighted by atomic mass is 9.83. The number of hydrogen-bond donors (Lipinski definition) is 0. The molecule has 6 nitrogen and oxygen atoms in total. The van der Waals surface area contributed by atoms with Crippen molar-refractivity contribution >= 4 is 29.1 Å². The van der Waals surface area contributed by atoms with Gasteiger partial charge in [0.25, 0.3) is 5.56 Å². The van der Waals surface area contributed by atoms with Crippen LogP contribution in [-0.4, -0.2) is 15.1 Å². The van der Waals surface area contributed by atoms with Gasteiger partial charge >= 0.3 is 0 Å². The number of carboxylic acid groups (broad SMARTS) is 1. The van der Waals surface area contributed by atoms with Crippen molar-refractivity contribution in [2.45, 2.75) is 32.7 Å². The molecule has 8 heteroatoms. The highest BCUT2D eigenvalue weighted by atomic mass is 32.1. The Morgan fingerprint density at radius 1 is 1.02 bits per heavy atom. The number of thiazole rings is 1. The first-order valence-corrected chi connectivity index (χ1v) is 14.5. The lowest BCUT2D eigenvalue weighted by molar-refractivity contribution is -0.255. The van der Waals surface area contributed by atoms with Crippen LogP contribution in [0.2, 0.25) is 0 Å². The number of rotatable bonds is 4. The second-order valence-corrected chi connectivity index (χ2v) is 11.7. The zero-order valence-electron chi connectivity index (χ0n) is 22.9. The van der Waals surface area contributed by atoms with E-state index in [2.05, 4.69) is 12.1 Å². The average Bonchev–Trinajstić information content (AvgIpc) is 3.45. The topological polar surface area (TPSA) is 79.4 Å². The van der Waals surface area contributed by atoms with Gasteiger partial charge in [-0.05, 0) is 90.9 Å². The molecule has 0 fully saturated rings. The summed E-state index contributed by atoms with van der Waals surface area (Å²) in [6.07, 6.45) is 3.51. The molecule has 42 heavy (non-hydrogen) atoms. The second-order valence-electron chi connectivity index (χ2n) is 10.7. The van der Waals surface area contributed by atoms with Crippen molar-refractivity contribution in [1.82, 2.24) is 9.13 Å². The molecule has 1 atom stereocenters. The third-order valence-corrected chi connectivity index (χ3v) is 9.16. The number of benzene rings is 3. The Kier molecular flexibility index (Phi) is 6.17. The molecule has 2 aliphatic rings. The fourth-order valence-corrected chi connectivity index (χ4v) is 7.18. The molecule has 3 heterocycles. The predicted molar refractivity (Wildman–Crippen MR) is 159 cm³/mol. The summed E-state index contributed by atoms with van der Waals surface area (Å²) < 4.78 is 18.3. The van der Waals surface area contributed by atoms with Crippen molar-refractivity contribution in [3.05, 3.63) is 149 Å². The lowest BCUT2D eigenvalue weighted by Crippen LogP contribution is -2.38. The minimum absolute atomic E-state index is 0.114. The van der Waals surface area contributed by atoms with E-state index in [1.54, 1.807) is 28.8 Å². The number of hydrogen-bond acceptors (Lipinski definition) is 5. The van der Waals surface area contributed by atoms with Crippen molar-refractivity contribution in [2.24, 2.45) is 4.99 Å². The molecule has 7 rings (SSSR count). The number of halogens is 1. The van der Waals surface area contributed by atoms with Gasteiger partial charge in [-0.1, -0.05) is 59.9 Å². The van der Waals surface area contributed by atoms with E-state index in [1.807, 2.05) is 42.7 Å². The summed E-state index contributed by atoms with van der Waals surface area (Å²) in [4.78, 5) is 30.9. The van der Waals surface area contributed by atoms with Crippen LogP contribution in [0.3, 0.4) is 0 Å². The first-order chi connectivity index (χ1) is 20.3. The van der Waals surface area contributed by atoms with Gasteiger partial charge in [-0.25, -0.2) is 9.38 Å². The van der Waals surface area contributed by atoms with E-state index in [-0.39, 0.29) is 23.0 Å². The number of allylic oxidation sites excluding steroid dienone is 1. The van der Waals surface area contributed by atoms with Gasteiger partial charge in [0.15, 0.2) is 4.80 Å². The number of aryl methyl sites for hydroxylation is 2. The van der Waals surface area contributed by atoms with Crippen LogP contribution in [0, 0.1) is 19.7 Å². The maximum atomic E-state index is 14.1. The van der Waals surface area contributed by atoms with E-state index >= 15 is 0 Å². The molecule has 0 saturated heterocycles. The zero-order chi connectivity index (χ0) is 29.1. The Bertz CT molecular complexity index is 2120. The summed E-state index contributed by atoms with van der Waals surface area (Å²) >= 11 is 1.35. The number of nitrogens with zero attached hydrogens (tertiary/aromatic N) is 3. The summed E-state index contributed by atoms with van der Waals surface area (Å²) in [6.45, 7) is 3.94. The molecule has 0 bridgehead atoms. The highest BCUT2D eigenvalue weighted by Crippen LogP contribution is 2.41. The monoisotopic (exact) mass is 574 g/mol. The quantitative estimate of drug-likeness (QED) is 0.322. The van der Waals surface area contributed by atoms with Crippen LogP contribution in [-0.2, 0) is 6.42 Å². The lowest BCUT2D eigenvalue weighted by Gasteiger charge is -2.30. The highest BCUT2D eigenvalue weighted by molar-refractivity contribution is 7.07. The SMILES string of the molecule is Cc1cc(/C=c2/sc3n(c2=O)[C@H](c2ccc(F)cc2)C2=C(N=3)c3ccccc3CC2)c(C)n1-c1ccc(C(=O)[O-])cc1. The molecule has 5 aromatic rings. The first kappa shape index (κ1) is 26.1. The Morgan fingerprint density at radius 2 is 1.76 bits per heavy atom. The summed E-state index contributed by atoms with van der Waals surface area (Å²) in [6, 6.07) is 22.8. The number of carbonyl (C=O) groups excluding carboxylic acids is 1. The minimum Gasteiger partial charge on any atom is -0.545 e. The number of carboxylic acids is 1. The smallest absolute Gasteiger partial charge is 0.271 e. The molecular weight excluding hydrogens is 549 g/mol. The van der Waals surface area contributed by atoms with Gasteiger partial charge < -0.3 is 14.5 Å². The molecule has 0 unspecified atom stereocenters. The van der Waals surface area contributed by atoms with Gasteiger partial charge in [0, 0.05) is 22.6 Å². The first-order valence-electron chi connectivity index (χ1n) is 13.7. The normalized spacial score (nSPS) is 16.1. The molecular formula is C34H25FN3O3S-. The fourth-order valence-electron chi connectivity index (χ4n) is 6.19. The Hall–Kier alpha value is -4.82. The van der Waals surface area contributed by atoms with Crippen LogP contribution in [0.25, 0.3) is 17.5 Å². The number of aromatic carboxylic acids is 1. The molecule has 208 valence electrons. The fraction of sp³-hybridized carbons (Fsp3) is 0.147. The third kappa shape index (κ3) is 4.18. The molecule has 1 aliphatic carbocycles. The maximum Gasteiger partial charge on any atom is 0.271 e. The van der Waals surface area contributed by atoms with Crippen molar-refractivity contribution in [3.63, 3.8) is 0 Å². The van der Waals surface area contributed by atoms with E-state index in [0.717, 1.165) is 57.9 Å². The third-order valence-electron chi connectivity index (χ3n) is 8.18. The van der Waals surface area contributed by atoms with Gasteiger partial charge in [-0.15, -0.1) is 0 Å². The molecule has 0 spiro atoms. The minimum atomic E-state index is -1.22. The van der Waals surface area contributed by atoms with Gasteiger partial charge in [0.05, 0.1) is 22.2 Å². The summed E-state index contributed by atoms with van der Waals surface area (Å²) in [5.41, 5.74) is 8.68. The van der Waals surface area contributed by atoms with E-state index in [9.17, 15) is 19.1 Å². The van der Waals surface area contributed by atoms with E-state index in [4.69, 9.17) is 4.99 Å². The summed E-state index contributed by atoms with van der Waals surface area (Å²) in [7, 11) is 0. The molecule has 0 saturated carbocycles. The van der Waals surface area contributed by atoms with Gasteiger partial charge in [-0.3, -0.25) is 9.36 Å². The van der Waals surface area contributed by atoms with Gasteiger partial charge in [0.1, 0.15) is 5.82 Å². The summed E-state index contributed by atoms with van der Waals surface area (Å²) in [5, 5.41) is 11.2. The standard InChI is InChI=1S/C34H26FN3O3S/c1-19-17-24(20(2)37(19)26-14-9-23(10-15-26)33(40)41)18-29-32(39)38-31(22-7-12-25(35)13-8-22)28-16-11-21-5-3-4-6-27(21)30(28)36-34(38)42-29/h3-10,12-15,17-18,31H,11,16H2,1-2H3,(H,40,41)/p-1/b29-18+/t31-/m1/s1.